The van der Waals surface area contributed by atoms with Crippen LogP contribution in [0.3, 0.4) is 0 Å². The largest absolute Gasteiger partial charge is 0.480 e. The number of aryl methyl sites for hydroxylation is 1. The van der Waals surface area contributed by atoms with Crippen LogP contribution in [0.15, 0.2) is 30.3 Å². The fourth-order valence-electron chi connectivity index (χ4n) is 2.23. The summed E-state index contributed by atoms with van der Waals surface area (Å²) in [6, 6.07) is 6.83. The number of hydrogen-bond acceptors (Lipinski definition) is 6. The molecule has 0 spiro atoms. The number of nitrogens with one attached hydrogen (secondary N) is 1. The molecule has 2 N–H and O–H groups in total. The van der Waals surface area contributed by atoms with E-state index in [4.69, 9.17) is 0 Å². The second kappa shape index (κ2) is 7.49. The molecule has 8 nitrogen and oxygen atoms in total. The minimum atomic E-state index is -0.940. The number of non-ortho nitro benzene ring substituents is 1. The number of nitro benzene ring substituents is 1. The number of carboxylic acid groups (broad SMARTS) is 1. The number of nitro groups is 1. The monoisotopic (exact) mass is 330 g/mol. The number of aromatic nitrogens is 2. The Morgan fingerprint density at radius 2 is 2.00 bits per heavy atom. The molecule has 0 fully saturated rings. The molecule has 0 saturated carbocycles. The lowest BCUT2D eigenvalue weighted by Crippen LogP contribution is -2.29. The van der Waals surface area contributed by atoms with Crippen molar-refractivity contribution in [3.05, 3.63) is 46.1 Å². The second-order valence-corrected chi connectivity index (χ2v) is 5.35. The first-order chi connectivity index (χ1) is 11.4. The maximum Gasteiger partial charge on any atom is 0.326 e. The standard InChI is InChI=1S/C16H18N4O4/c1-3-4-13(16(21)22)18-14-9-10(2)17-15(19-14)11-5-7-12(8-6-11)20(23)24/h5-9,13H,3-4H2,1-2H3,(H,21,22)(H,17,18,19). The van der Waals surface area contributed by atoms with Crippen LogP contribution in [0.2, 0.25) is 0 Å². The molecule has 1 aromatic carbocycles. The number of carboxylic acids is 1. The van der Waals surface area contributed by atoms with E-state index < -0.39 is 16.9 Å². The zero-order valence-corrected chi connectivity index (χ0v) is 13.4. The SMILES string of the molecule is CCCC(Nc1cc(C)nc(-c2ccc([N+](=O)[O-])cc2)n1)C(=O)O. The molecule has 126 valence electrons. The van der Waals surface area contributed by atoms with Crippen LogP contribution in [-0.2, 0) is 4.79 Å². The van der Waals surface area contributed by atoms with E-state index >= 15 is 0 Å². The van der Waals surface area contributed by atoms with E-state index in [9.17, 15) is 20.0 Å². The van der Waals surface area contributed by atoms with Crippen LogP contribution < -0.4 is 5.32 Å². The van der Waals surface area contributed by atoms with E-state index in [2.05, 4.69) is 15.3 Å². The lowest BCUT2D eigenvalue weighted by molar-refractivity contribution is -0.384. The van der Waals surface area contributed by atoms with Gasteiger partial charge in [-0.3, -0.25) is 10.1 Å². The maximum absolute atomic E-state index is 11.3. The van der Waals surface area contributed by atoms with Crippen LogP contribution in [0, 0.1) is 17.0 Å². The van der Waals surface area contributed by atoms with Crippen molar-refractivity contribution in [2.24, 2.45) is 0 Å². The van der Waals surface area contributed by atoms with Crippen LogP contribution in [0.5, 0.6) is 0 Å². The summed E-state index contributed by atoms with van der Waals surface area (Å²) in [5, 5.41) is 22.8. The Balaban J connectivity index is 2.30. The molecular formula is C16H18N4O4. The summed E-state index contributed by atoms with van der Waals surface area (Å²) < 4.78 is 0. The molecule has 0 radical (unpaired) electrons. The van der Waals surface area contributed by atoms with Crippen LogP contribution in [-0.4, -0.2) is 32.0 Å². The Labute approximate surface area is 138 Å². The lowest BCUT2D eigenvalue weighted by atomic mass is 10.1. The molecule has 1 unspecified atom stereocenters. The van der Waals surface area contributed by atoms with Crippen LogP contribution in [0.1, 0.15) is 25.5 Å². The van der Waals surface area contributed by atoms with E-state index in [1.54, 1.807) is 25.1 Å². The number of benzene rings is 1. The van der Waals surface area contributed by atoms with Crippen molar-refractivity contribution in [3.63, 3.8) is 0 Å². The average molecular weight is 330 g/mol. The molecule has 0 saturated heterocycles. The highest BCUT2D eigenvalue weighted by Crippen LogP contribution is 2.21. The zero-order chi connectivity index (χ0) is 17.7. The molecule has 1 heterocycles. The summed E-state index contributed by atoms with van der Waals surface area (Å²) in [5.74, 6) is -0.144. The summed E-state index contributed by atoms with van der Waals surface area (Å²) in [6.45, 7) is 3.68. The highest BCUT2D eigenvalue weighted by molar-refractivity contribution is 5.77. The first kappa shape index (κ1) is 17.3. The van der Waals surface area contributed by atoms with Gasteiger partial charge in [0.1, 0.15) is 11.9 Å². The van der Waals surface area contributed by atoms with Crippen molar-refractivity contribution >= 4 is 17.5 Å². The highest BCUT2D eigenvalue weighted by atomic mass is 16.6. The molecule has 0 bridgehead atoms. The van der Waals surface area contributed by atoms with Gasteiger partial charge >= 0.3 is 5.97 Å². The third kappa shape index (κ3) is 4.25. The van der Waals surface area contributed by atoms with Gasteiger partial charge in [-0.1, -0.05) is 13.3 Å². The predicted octanol–water partition coefficient (Wildman–Crippen LogP) is 3.03. The number of nitrogens with zero attached hydrogens (tertiary/aromatic N) is 3. The van der Waals surface area contributed by atoms with Gasteiger partial charge in [-0.05, 0) is 25.5 Å². The van der Waals surface area contributed by atoms with Crippen molar-refractivity contribution in [2.75, 3.05) is 5.32 Å². The zero-order valence-electron chi connectivity index (χ0n) is 13.4. The summed E-state index contributed by atoms with van der Waals surface area (Å²) in [6.07, 6.45) is 1.20. The van der Waals surface area contributed by atoms with Crippen molar-refractivity contribution in [2.45, 2.75) is 32.7 Å². The van der Waals surface area contributed by atoms with Gasteiger partial charge in [-0.25, -0.2) is 14.8 Å². The predicted molar refractivity (Wildman–Crippen MR) is 88.8 cm³/mol. The number of rotatable bonds is 7. The van der Waals surface area contributed by atoms with E-state index in [1.165, 1.54) is 12.1 Å². The van der Waals surface area contributed by atoms with Gasteiger partial charge in [0.15, 0.2) is 5.82 Å². The van der Waals surface area contributed by atoms with E-state index in [-0.39, 0.29) is 5.69 Å². The fourth-order valence-corrected chi connectivity index (χ4v) is 2.23. The molecular weight excluding hydrogens is 312 g/mol. The number of aliphatic carboxylic acids is 1. The van der Waals surface area contributed by atoms with Crippen LogP contribution in [0.4, 0.5) is 11.5 Å². The Hall–Kier alpha value is -3.03. The molecule has 24 heavy (non-hydrogen) atoms. The normalized spacial score (nSPS) is 11.8. The Morgan fingerprint density at radius 3 is 2.54 bits per heavy atom. The molecule has 1 atom stereocenters. The van der Waals surface area contributed by atoms with Crippen molar-refractivity contribution in [3.8, 4) is 11.4 Å². The highest BCUT2D eigenvalue weighted by Gasteiger charge is 2.17. The van der Waals surface area contributed by atoms with Gasteiger partial charge in [0.05, 0.1) is 4.92 Å². The first-order valence-corrected chi connectivity index (χ1v) is 7.50. The smallest absolute Gasteiger partial charge is 0.326 e. The first-order valence-electron chi connectivity index (χ1n) is 7.50. The number of carbonyl (C=O) groups is 1. The molecule has 2 rings (SSSR count). The van der Waals surface area contributed by atoms with Gasteiger partial charge in [0, 0.05) is 29.5 Å². The van der Waals surface area contributed by atoms with Gasteiger partial charge in [0.25, 0.3) is 5.69 Å². The molecule has 2 aromatic rings. The second-order valence-electron chi connectivity index (χ2n) is 5.35. The van der Waals surface area contributed by atoms with Crippen LogP contribution in [0.25, 0.3) is 11.4 Å². The van der Waals surface area contributed by atoms with E-state index in [0.29, 0.717) is 29.3 Å². The Morgan fingerprint density at radius 1 is 1.33 bits per heavy atom. The third-order valence-electron chi connectivity index (χ3n) is 3.39. The quantitative estimate of drug-likeness (QED) is 0.591. The fraction of sp³-hybridized carbons (Fsp3) is 0.312. The lowest BCUT2D eigenvalue weighted by Gasteiger charge is -2.15. The number of hydrogen-bond donors (Lipinski definition) is 2. The summed E-state index contributed by atoms with van der Waals surface area (Å²) >= 11 is 0. The summed E-state index contributed by atoms with van der Waals surface area (Å²) in [4.78, 5) is 30.1. The van der Waals surface area contributed by atoms with Gasteiger partial charge in [-0.15, -0.1) is 0 Å². The minimum absolute atomic E-state index is 0.0151. The molecule has 0 aliphatic rings. The topological polar surface area (TPSA) is 118 Å². The Bertz CT molecular complexity index is 746. The van der Waals surface area contributed by atoms with Crippen molar-refractivity contribution in [1.29, 1.82) is 0 Å². The average Bonchev–Trinajstić information content (AvgIpc) is 2.54. The third-order valence-corrected chi connectivity index (χ3v) is 3.39. The molecule has 0 amide bonds. The maximum atomic E-state index is 11.3. The van der Waals surface area contributed by atoms with E-state index in [1.807, 2.05) is 6.92 Å². The summed E-state index contributed by atoms with van der Waals surface area (Å²) in [7, 11) is 0. The Kier molecular flexibility index (Phi) is 5.41. The van der Waals surface area contributed by atoms with Gasteiger partial charge in [0.2, 0.25) is 0 Å². The van der Waals surface area contributed by atoms with Crippen LogP contribution >= 0.6 is 0 Å². The van der Waals surface area contributed by atoms with Crippen molar-refractivity contribution < 1.29 is 14.8 Å². The van der Waals surface area contributed by atoms with Crippen molar-refractivity contribution in [1.82, 2.24) is 9.97 Å². The number of anilines is 1. The molecule has 8 heteroatoms. The molecule has 0 aliphatic carbocycles. The van der Waals surface area contributed by atoms with E-state index in [0.717, 1.165) is 6.42 Å². The van der Waals surface area contributed by atoms with Gasteiger partial charge in [-0.2, -0.15) is 0 Å². The minimum Gasteiger partial charge on any atom is -0.480 e. The molecule has 1 aromatic heterocycles. The molecule has 0 aliphatic heterocycles. The summed E-state index contributed by atoms with van der Waals surface area (Å²) in [5.41, 5.74) is 1.27. The van der Waals surface area contributed by atoms with Gasteiger partial charge < -0.3 is 10.4 Å².